The quantitative estimate of drug-likeness (QED) is 0.555. The van der Waals surface area contributed by atoms with Crippen molar-refractivity contribution in [1.29, 1.82) is 0 Å². The van der Waals surface area contributed by atoms with Crippen molar-refractivity contribution in [2.75, 3.05) is 17.2 Å². The van der Waals surface area contributed by atoms with Crippen LogP contribution >= 0.6 is 0 Å². The maximum absolute atomic E-state index is 11.9. The molecular weight excluding hydrogens is 302 g/mol. The molecule has 0 spiro atoms. The fourth-order valence-electron chi connectivity index (χ4n) is 1.86. The average molecular weight is 315 g/mol. The molecule has 0 saturated heterocycles. The number of carboxylic acids is 1. The lowest BCUT2D eigenvalue weighted by atomic mass is 10.2. The van der Waals surface area contributed by atoms with E-state index >= 15 is 0 Å². The van der Waals surface area contributed by atoms with Crippen molar-refractivity contribution in [2.45, 2.75) is 0 Å². The van der Waals surface area contributed by atoms with Crippen molar-refractivity contribution in [3.8, 4) is 0 Å². The first-order chi connectivity index (χ1) is 11.0. The number of nitro groups is 1. The first-order valence-electron chi connectivity index (χ1n) is 6.58. The number of benzene rings is 2. The highest BCUT2D eigenvalue weighted by molar-refractivity contribution is 6.01. The zero-order chi connectivity index (χ0) is 16.8. The number of rotatable bonds is 6. The summed E-state index contributed by atoms with van der Waals surface area (Å²) in [6.07, 6.45) is 0. The summed E-state index contributed by atoms with van der Waals surface area (Å²) >= 11 is 0. The second-order valence-electron chi connectivity index (χ2n) is 4.56. The molecule has 0 saturated carbocycles. The molecule has 0 aliphatic carbocycles. The fraction of sp³-hybridized carbons (Fsp3) is 0.0667. The van der Waals surface area contributed by atoms with Gasteiger partial charge in [-0.15, -0.1) is 0 Å². The SMILES string of the molecule is O=C(CNc1ccc([N+](=O)[O-])cc1)Nc1ccccc1C(=O)O. The first-order valence-corrected chi connectivity index (χ1v) is 6.58. The van der Waals surface area contributed by atoms with Crippen LogP contribution < -0.4 is 10.6 Å². The topological polar surface area (TPSA) is 122 Å². The molecule has 2 rings (SSSR count). The number of nitrogens with zero attached hydrogens (tertiary/aromatic N) is 1. The van der Waals surface area contributed by atoms with Gasteiger partial charge in [0, 0.05) is 17.8 Å². The number of non-ortho nitro benzene ring substituents is 1. The van der Waals surface area contributed by atoms with Gasteiger partial charge in [0.25, 0.3) is 5.69 Å². The minimum Gasteiger partial charge on any atom is -0.478 e. The summed E-state index contributed by atoms with van der Waals surface area (Å²) in [5.74, 6) is -1.57. The molecule has 118 valence electrons. The Hall–Kier alpha value is -3.42. The Morgan fingerprint density at radius 3 is 2.35 bits per heavy atom. The van der Waals surface area contributed by atoms with Crippen molar-refractivity contribution < 1.29 is 19.6 Å². The lowest BCUT2D eigenvalue weighted by Crippen LogP contribution is -2.22. The zero-order valence-corrected chi connectivity index (χ0v) is 11.9. The molecule has 0 atom stereocenters. The number of aromatic carboxylic acids is 1. The van der Waals surface area contributed by atoms with E-state index in [9.17, 15) is 19.7 Å². The molecule has 0 aliphatic rings. The summed E-state index contributed by atoms with van der Waals surface area (Å²) in [6, 6.07) is 11.7. The minimum atomic E-state index is -1.13. The lowest BCUT2D eigenvalue weighted by molar-refractivity contribution is -0.384. The zero-order valence-electron chi connectivity index (χ0n) is 11.9. The van der Waals surface area contributed by atoms with Crippen LogP contribution in [0.1, 0.15) is 10.4 Å². The Bertz CT molecular complexity index is 743. The van der Waals surface area contributed by atoms with Gasteiger partial charge in [0.1, 0.15) is 0 Å². The summed E-state index contributed by atoms with van der Waals surface area (Å²) in [6.45, 7) is -0.105. The molecule has 0 unspecified atom stereocenters. The third-order valence-electron chi connectivity index (χ3n) is 2.96. The van der Waals surface area contributed by atoms with Gasteiger partial charge in [-0.2, -0.15) is 0 Å². The van der Waals surface area contributed by atoms with Crippen LogP contribution in [0.3, 0.4) is 0 Å². The van der Waals surface area contributed by atoms with Crippen molar-refractivity contribution >= 4 is 28.9 Å². The Morgan fingerprint density at radius 1 is 1.09 bits per heavy atom. The maximum Gasteiger partial charge on any atom is 0.337 e. The van der Waals surface area contributed by atoms with Gasteiger partial charge in [0.2, 0.25) is 5.91 Å². The van der Waals surface area contributed by atoms with Crippen molar-refractivity contribution in [3.05, 3.63) is 64.2 Å². The summed E-state index contributed by atoms with van der Waals surface area (Å²) in [4.78, 5) is 32.9. The van der Waals surface area contributed by atoms with E-state index in [-0.39, 0.29) is 23.5 Å². The van der Waals surface area contributed by atoms with E-state index in [1.807, 2.05) is 0 Å². The lowest BCUT2D eigenvalue weighted by Gasteiger charge is -2.09. The van der Waals surface area contributed by atoms with E-state index in [1.54, 1.807) is 12.1 Å². The van der Waals surface area contributed by atoms with Gasteiger partial charge in [-0.25, -0.2) is 4.79 Å². The van der Waals surface area contributed by atoms with E-state index in [4.69, 9.17) is 5.11 Å². The van der Waals surface area contributed by atoms with Crippen LogP contribution in [0.4, 0.5) is 17.1 Å². The van der Waals surface area contributed by atoms with E-state index in [1.165, 1.54) is 36.4 Å². The number of hydrogen-bond acceptors (Lipinski definition) is 5. The molecule has 8 nitrogen and oxygen atoms in total. The summed E-state index contributed by atoms with van der Waals surface area (Å²) in [5.41, 5.74) is 0.694. The summed E-state index contributed by atoms with van der Waals surface area (Å²) in [7, 11) is 0. The Labute approximate surface area is 130 Å². The molecule has 3 N–H and O–H groups in total. The van der Waals surface area contributed by atoms with Crippen LogP contribution in [0.2, 0.25) is 0 Å². The number of nitrogens with one attached hydrogen (secondary N) is 2. The molecule has 23 heavy (non-hydrogen) atoms. The number of nitro benzene ring substituents is 1. The smallest absolute Gasteiger partial charge is 0.337 e. The molecule has 0 heterocycles. The predicted octanol–water partition coefficient (Wildman–Crippen LogP) is 2.34. The highest BCUT2D eigenvalue weighted by atomic mass is 16.6. The Kier molecular flexibility index (Phi) is 4.88. The standard InChI is InChI=1S/C15H13N3O5/c19-14(17-13-4-2-1-3-12(13)15(20)21)9-16-10-5-7-11(8-6-10)18(22)23/h1-8,16H,9H2,(H,17,19)(H,20,21). The van der Waals surface area contributed by atoms with Gasteiger partial charge >= 0.3 is 5.97 Å². The third kappa shape index (κ3) is 4.27. The van der Waals surface area contributed by atoms with Crippen LogP contribution in [0, 0.1) is 10.1 Å². The van der Waals surface area contributed by atoms with Crippen LogP contribution in [0.25, 0.3) is 0 Å². The summed E-state index contributed by atoms with van der Waals surface area (Å²) in [5, 5.41) is 24.9. The van der Waals surface area contributed by atoms with E-state index in [2.05, 4.69) is 10.6 Å². The highest BCUT2D eigenvalue weighted by Crippen LogP contribution is 2.16. The molecule has 2 aromatic carbocycles. The fourth-order valence-corrected chi connectivity index (χ4v) is 1.86. The maximum atomic E-state index is 11.9. The van der Waals surface area contributed by atoms with Crippen molar-refractivity contribution in [1.82, 2.24) is 0 Å². The predicted molar refractivity (Wildman–Crippen MR) is 83.6 cm³/mol. The van der Waals surface area contributed by atoms with Gasteiger partial charge in [-0.05, 0) is 24.3 Å². The normalized spacial score (nSPS) is 9.91. The van der Waals surface area contributed by atoms with Gasteiger partial charge in [-0.1, -0.05) is 12.1 Å². The minimum absolute atomic E-state index is 0.00353. The summed E-state index contributed by atoms with van der Waals surface area (Å²) < 4.78 is 0. The second kappa shape index (κ2) is 7.03. The number of hydrogen-bond donors (Lipinski definition) is 3. The van der Waals surface area contributed by atoms with Crippen molar-refractivity contribution in [2.24, 2.45) is 0 Å². The van der Waals surface area contributed by atoms with Gasteiger partial charge < -0.3 is 15.7 Å². The van der Waals surface area contributed by atoms with Crippen molar-refractivity contribution in [3.63, 3.8) is 0 Å². The molecule has 0 radical (unpaired) electrons. The molecule has 2 aromatic rings. The number of carbonyl (C=O) groups is 2. The molecular formula is C15H13N3O5. The van der Waals surface area contributed by atoms with Crippen LogP contribution in [-0.2, 0) is 4.79 Å². The van der Waals surface area contributed by atoms with Gasteiger partial charge in [-0.3, -0.25) is 14.9 Å². The van der Waals surface area contributed by atoms with Crippen LogP contribution in [0.15, 0.2) is 48.5 Å². The monoisotopic (exact) mass is 315 g/mol. The average Bonchev–Trinajstić information content (AvgIpc) is 2.53. The van der Waals surface area contributed by atoms with Gasteiger partial charge in [0.15, 0.2) is 0 Å². The molecule has 0 fully saturated rings. The van der Waals surface area contributed by atoms with Gasteiger partial charge in [0.05, 0.1) is 22.7 Å². The van der Waals surface area contributed by atoms with Crippen LogP contribution in [-0.4, -0.2) is 28.5 Å². The first kappa shape index (κ1) is 16.0. The number of anilines is 2. The Balaban J connectivity index is 1.95. The third-order valence-corrected chi connectivity index (χ3v) is 2.96. The largest absolute Gasteiger partial charge is 0.478 e. The number of amides is 1. The number of carboxylic acid groups (broad SMARTS) is 1. The Morgan fingerprint density at radius 2 is 1.74 bits per heavy atom. The number of carbonyl (C=O) groups excluding carboxylic acids is 1. The molecule has 0 bridgehead atoms. The second-order valence-corrected chi connectivity index (χ2v) is 4.56. The molecule has 0 aromatic heterocycles. The molecule has 8 heteroatoms. The molecule has 1 amide bonds. The number of para-hydroxylation sites is 1. The van der Waals surface area contributed by atoms with E-state index < -0.39 is 16.8 Å². The van der Waals surface area contributed by atoms with E-state index in [0.29, 0.717) is 5.69 Å². The van der Waals surface area contributed by atoms with E-state index in [0.717, 1.165) is 0 Å². The highest BCUT2D eigenvalue weighted by Gasteiger charge is 2.11. The molecule has 0 aliphatic heterocycles. The van der Waals surface area contributed by atoms with Crippen LogP contribution in [0.5, 0.6) is 0 Å².